The molecule has 0 nitrogen and oxygen atoms in total. The van der Waals surface area contributed by atoms with Gasteiger partial charge in [-0.05, 0) is 18.2 Å². The van der Waals surface area contributed by atoms with Crippen molar-refractivity contribution in [3.05, 3.63) is 0 Å². The summed E-state index contributed by atoms with van der Waals surface area (Å²) in [5.41, 5.74) is 0. The summed E-state index contributed by atoms with van der Waals surface area (Å²) in [6, 6.07) is 0. The second-order valence-electron chi connectivity index (χ2n) is 1.26. The fourth-order valence-electron chi connectivity index (χ4n) is 0.287. The number of hydrogen-bond donors (Lipinski definition) is 0. The van der Waals surface area contributed by atoms with Crippen LogP contribution >= 0.6 is 12.2 Å². The Hall–Kier alpha value is -0.350. The molecular formula is C6H8S. The van der Waals surface area contributed by atoms with Crippen LogP contribution in [0, 0.1) is 12.3 Å². The van der Waals surface area contributed by atoms with Crippen LogP contribution in [0.5, 0.6) is 0 Å². The first kappa shape index (κ1) is 6.65. The monoisotopic (exact) mass is 112 g/mol. The average Bonchev–Trinajstić information content (AvgIpc) is 1.69. The molecule has 0 spiro atoms. The molecule has 0 fully saturated rings. The summed E-state index contributed by atoms with van der Waals surface area (Å²) in [6.45, 7) is 0. The maximum Gasteiger partial charge on any atom is 0.00892 e. The first-order valence-electron chi connectivity index (χ1n) is 2.29. The van der Waals surface area contributed by atoms with E-state index in [9.17, 15) is 0 Å². The molecule has 0 aliphatic rings. The maximum absolute atomic E-state index is 4.97. The number of terminal acetylenes is 1. The Bertz CT molecular complexity index is 78.7. The maximum atomic E-state index is 4.97. The predicted octanol–water partition coefficient (Wildman–Crippen LogP) is 1.79. The Labute approximate surface area is 49.9 Å². The summed E-state index contributed by atoms with van der Waals surface area (Å²) in [6.07, 6.45) is 7.84. The quantitative estimate of drug-likeness (QED) is 0.305. The Kier molecular flexibility index (Phi) is 5.37. The van der Waals surface area contributed by atoms with Gasteiger partial charge >= 0.3 is 0 Å². The lowest BCUT2D eigenvalue weighted by atomic mass is 10.3. The topological polar surface area (TPSA) is 0 Å². The highest BCUT2D eigenvalue weighted by Crippen LogP contribution is 1.88. The van der Waals surface area contributed by atoms with Crippen LogP contribution in [0.25, 0.3) is 0 Å². The third kappa shape index (κ3) is 5.65. The van der Waals surface area contributed by atoms with Gasteiger partial charge in [0.2, 0.25) is 0 Å². The Morgan fingerprint density at radius 3 is 2.86 bits per heavy atom. The summed E-state index contributed by atoms with van der Waals surface area (Å²) in [5, 5.41) is 1.72. The normalized spacial score (nSPS) is 7.29. The largest absolute Gasteiger partial charge is 0.120 e. The van der Waals surface area contributed by atoms with E-state index in [4.69, 9.17) is 6.42 Å². The molecule has 0 aromatic heterocycles. The van der Waals surface area contributed by atoms with E-state index in [1.807, 2.05) is 0 Å². The van der Waals surface area contributed by atoms with Crippen molar-refractivity contribution in [2.24, 2.45) is 0 Å². The van der Waals surface area contributed by atoms with E-state index in [-0.39, 0.29) is 0 Å². The molecule has 0 aromatic rings. The lowest BCUT2D eigenvalue weighted by Crippen LogP contribution is -1.70. The smallest absolute Gasteiger partial charge is 0.00892 e. The highest BCUT2D eigenvalue weighted by atomic mass is 32.1. The predicted molar refractivity (Wildman–Crippen MR) is 36.3 cm³/mol. The molecular weight excluding hydrogens is 104 g/mol. The number of rotatable bonds is 3. The summed E-state index contributed by atoms with van der Waals surface area (Å²) >= 11 is 4.57. The van der Waals surface area contributed by atoms with Crippen molar-refractivity contribution in [2.45, 2.75) is 19.3 Å². The molecule has 0 amide bonds. The van der Waals surface area contributed by atoms with Crippen molar-refractivity contribution in [2.75, 3.05) is 0 Å². The SMILES string of the molecule is C#CCCCC=S. The minimum atomic E-state index is 0.854. The fraction of sp³-hybridized carbons (Fsp3) is 0.500. The van der Waals surface area contributed by atoms with E-state index in [2.05, 4.69) is 18.1 Å². The number of thiocarbonyl (C=S) groups is 1. The molecule has 0 unspecified atom stereocenters. The van der Waals surface area contributed by atoms with E-state index in [1.54, 1.807) is 5.37 Å². The van der Waals surface area contributed by atoms with Crippen LogP contribution in [0.2, 0.25) is 0 Å². The molecule has 0 atom stereocenters. The van der Waals surface area contributed by atoms with Crippen molar-refractivity contribution in [3.8, 4) is 12.3 Å². The molecule has 0 aliphatic heterocycles. The average molecular weight is 112 g/mol. The van der Waals surface area contributed by atoms with Gasteiger partial charge in [0.15, 0.2) is 0 Å². The lowest BCUT2D eigenvalue weighted by molar-refractivity contribution is 0.930. The zero-order valence-corrected chi connectivity index (χ0v) is 5.00. The highest BCUT2D eigenvalue weighted by Gasteiger charge is 1.75. The van der Waals surface area contributed by atoms with E-state index in [0.717, 1.165) is 19.3 Å². The molecule has 1 heteroatoms. The van der Waals surface area contributed by atoms with Gasteiger partial charge in [-0.25, -0.2) is 0 Å². The zero-order chi connectivity index (χ0) is 5.54. The number of unbranched alkanes of at least 4 members (excludes halogenated alkanes) is 2. The van der Waals surface area contributed by atoms with Gasteiger partial charge in [-0.15, -0.1) is 12.3 Å². The van der Waals surface area contributed by atoms with Crippen molar-refractivity contribution < 1.29 is 0 Å². The first-order chi connectivity index (χ1) is 3.41. The van der Waals surface area contributed by atoms with Gasteiger partial charge in [0.25, 0.3) is 0 Å². The summed E-state index contributed by atoms with van der Waals surface area (Å²) in [4.78, 5) is 0. The van der Waals surface area contributed by atoms with Gasteiger partial charge < -0.3 is 0 Å². The van der Waals surface area contributed by atoms with Crippen LogP contribution in [0.4, 0.5) is 0 Å². The second kappa shape index (κ2) is 5.65. The minimum Gasteiger partial charge on any atom is -0.120 e. The molecule has 0 saturated heterocycles. The van der Waals surface area contributed by atoms with E-state index in [0.29, 0.717) is 0 Å². The molecule has 38 valence electrons. The highest BCUT2D eigenvalue weighted by molar-refractivity contribution is 7.78. The summed E-state index contributed by atoms with van der Waals surface area (Å²) < 4.78 is 0. The van der Waals surface area contributed by atoms with Crippen LogP contribution < -0.4 is 0 Å². The van der Waals surface area contributed by atoms with Crippen LogP contribution in [0.1, 0.15) is 19.3 Å². The third-order valence-electron chi connectivity index (χ3n) is 0.643. The molecule has 0 bridgehead atoms. The van der Waals surface area contributed by atoms with Crippen LogP contribution in [-0.4, -0.2) is 5.37 Å². The molecule has 0 N–H and O–H groups in total. The van der Waals surface area contributed by atoms with Crippen LogP contribution in [-0.2, 0) is 0 Å². The van der Waals surface area contributed by atoms with Crippen LogP contribution in [0.3, 0.4) is 0 Å². The van der Waals surface area contributed by atoms with Gasteiger partial charge in [-0.1, -0.05) is 12.2 Å². The summed E-state index contributed by atoms with van der Waals surface area (Å²) in [7, 11) is 0. The molecule has 0 aliphatic carbocycles. The van der Waals surface area contributed by atoms with Gasteiger partial charge in [0.05, 0.1) is 0 Å². The van der Waals surface area contributed by atoms with E-state index >= 15 is 0 Å². The number of hydrogen-bond acceptors (Lipinski definition) is 1. The zero-order valence-electron chi connectivity index (χ0n) is 4.18. The van der Waals surface area contributed by atoms with Gasteiger partial charge in [0.1, 0.15) is 0 Å². The molecule has 7 heavy (non-hydrogen) atoms. The van der Waals surface area contributed by atoms with Gasteiger partial charge in [-0.3, -0.25) is 0 Å². The second-order valence-corrected chi connectivity index (χ2v) is 1.60. The first-order valence-corrected chi connectivity index (χ1v) is 2.76. The fourth-order valence-corrected chi connectivity index (χ4v) is 0.454. The third-order valence-corrected chi connectivity index (χ3v) is 0.879. The molecule has 0 radical (unpaired) electrons. The van der Waals surface area contributed by atoms with Crippen LogP contribution in [0.15, 0.2) is 0 Å². The van der Waals surface area contributed by atoms with Crippen molar-refractivity contribution in [1.82, 2.24) is 0 Å². The Balaban J connectivity index is 2.72. The van der Waals surface area contributed by atoms with E-state index < -0.39 is 0 Å². The Morgan fingerprint density at radius 1 is 1.71 bits per heavy atom. The minimum absolute atomic E-state index is 0.854. The molecule has 0 rings (SSSR count). The standard InChI is InChI=1S/C6H8S/c1-2-3-4-5-6-7/h1,6H,3-5H2. The molecule has 0 aromatic carbocycles. The van der Waals surface area contributed by atoms with Crippen molar-refractivity contribution in [1.29, 1.82) is 0 Å². The molecule has 0 heterocycles. The van der Waals surface area contributed by atoms with Gasteiger partial charge in [-0.2, -0.15) is 0 Å². The van der Waals surface area contributed by atoms with Crippen molar-refractivity contribution >= 4 is 17.6 Å². The molecule has 0 saturated carbocycles. The van der Waals surface area contributed by atoms with Gasteiger partial charge in [0, 0.05) is 6.42 Å². The Morgan fingerprint density at radius 2 is 2.43 bits per heavy atom. The lowest BCUT2D eigenvalue weighted by Gasteiger charge is -1.81. The van der Waals surface area contributed by atoms with E-state index in [1.165, 1.54) is 0 Å². The summed E-state index contributed by atoms with van der Waals surface area (Å²) in [5.74, 6) is 2.54. The van der Waals surface area contributed by atoms with Crippen molar-refractivity contribution in [3.63, 3.8) is 0 Å².